The van der Waals surface area contributed by atoms with E-state index in [1.165, 1.54) is 4.52 Å². The van der Waals surface area contributed by atoms with Gasteiger partial charge in [-0.3, -0.25) is 9.78 Å². The van der Waals surface area contributed by atoms with Gasteiger partial charge in [-0.15, -0.1) is 0 Å². The van der Waals surface area contributed by atoms with Crippen LogP contribution >= 0.6 is 0 Å². The summed E-state index contributed by atoms with van der Waals surface area (Å²) >= 11 is 0. The molecule has 0 bridgehead atoms. The summed E-state index contributed by atoms with van der Waals surface area (Å²) in [7, 11) is 0. The molecule has 0 unspecified atom stereocenters. The number of H-pyrrole nitrogens is 1. The van der Waals surface area contributed by atoms with Crippen molar-refractivity contribution in [1.82, 2.24) is 19.6 Å². The molecular weight excluding hydrogens is 292 g/mol. The van der Waals surface area contributed by atoms with Crippen molar-refractivity contribution in [3.05, 3.63) is 46.0 Å². The topological polar surface area (TPSA) is 83.3 Å². The molecule has 0 aromatic carbocycles. The van der Waals surface area contributed by atoms with Crippen LogP contribution in [0, 0.1) is 6.92 Å². The van der Waals surface area contributed by atoms with Crippen LogP contribution in [0.3, 0.4) is 0 Å². The van der Waals surface area contributed by atoms with Crippen LogP contribution in [0.15, 0.2) is 29.2 Å². The Balaban J connectivity index is 1.99. The summed E-state index contributed by atoms with van der Waals surface area (Å²) in [4.78, 5) is 19.8. The van der Waals surface area contributed by atoms with Crippen molar-refractivity contribution in [2.45, 2.75) is 38.5 Å². The molecule has 0 atom stereocenters. The Kier molecular flexibility index (Phi) is 3.18. The van der Waals surface area contributed by atoms with Crippen molar-refractivity contribution < 1.29 is 5.11 Å². The Morgan fingerprint density at radius 2 is 2.09 bits per heavy atom. The zero-order chi connectivity index (χ0) is 16.0. The number of fused-ring (bicyclic) bond motifs is 1. The largest absolute Gasteiger partial charge is 0.493 e. The van der Waals surface area contributed by atoms with Crippen LogP contribution < -0.4 is 5.56 Å². The monoisotopic (exact) mass is 310 g/mol. The minimum absolute atomic E-state index is 0.0408. The zero-order valence-electron chi connectivity index (χ0n) is 12.9. The second kappa shape index (κ2) is 5.22. The lowest BCUT2D eigenvalue weighted by molar-refractivity contribution is 0.419. The lowest BCUT2D eigenvalue weighted by Crippen LogP contribution is -2.18. The minimum atomic E-state index is -0.223. The number of aromatic nitrogens is 4. The third kappa shape index (κ3) is 2.13. The van der Waals surface area contributed by atoms with Crippen molar-refractivity contribution in [1.29, 1.82) is 0 Å². The molecule has 1 saturated carbocycles. The zero-order valence-corrected chi connectivity index (χ0v) is 12.9. The molecule has 1 aliphatic carbocycles. The number of hydrogen-bond acceptors (Lipinski definition) is 4. The number of aromatic amines is 1. The number of rotatable bonds is 2. The molecule has 23 heavy (non-hydrogen) atoms. The molecule has 4 rings (SSSR count). The molecular formula is C17H18N4O2. The van der Waals surface area contributed by atoms with Crippen LogP contribution in [-0.2, 0) is 0 Å². The summed E-state index contributed by atoms with van der Waals surface area (Å²) in [6.07, 6.45) is 5.77. The molecule has 1 aliphatic rings. The van der Waals surface area contributed by atoms with Gasteiger partial charge in [-0.2, -0.15) is 9.61 Å². The van der Waals surface area contributed by atoms with Crippen molar-refractivity contribution in [2.75, 3.05) is 0 Å². The van der Waals surface area contributed by atoms with Crippen molar-refractivity contribution in [3.8, 4) is 17.1 Å². The molecule has 0 aliphatic heterocycles. The summed E-state index contributed by atoms with van der Waals surface area (Å²) in [5.41, 5.74) is 2.92. The minimum Gasteiger partial charge on any atom is -0.493 e. The first-order valence-corrected chi connectivity index (χ1v) is 7.92. The first-order valence-electron chi connectivity index (χ1n) is 7.92. The molecule has 6 nitrogen and oxygen atoms in total. The van der Waals surface area contributed by atoms with Crippen LogP contribution in [0.5, 0.6) is 5.88 Å². The summed E-state index contributed by atoms with van der Waals surface area (Å²) in [6.45, 7) is 1.85. The van der Waals surface area contributed by atoms with Crippen molar-refractivity contribution >= 4 is 5.65 Å². The van der Waals surface area contributed by atoms with Crippen molar-refractivity contribution in [3.63, 3.8) is 0 Å². The highest BCUT2D eigenvalue weighted by Gasteiger charge is 2.27. The Hall–Kier alpha value is -2.63. The molecule has 3 heterocycles. The lowest BCUT2D eigenvalue weighted by Gasteiger charge is -2.11. The fourth-order valence-corrected chi connectivity index (χ4v) is 3.59. The smallest absolute Gasteiger partial charge is 0.258 e. The molecule has 2 N–H and O–H groups in total. The fraction of sp³-hybridized carbons (Fsp3) is 0.353. The second-order valence-electron chi connectivity index (χ2n) is 6.11. The normalized spacial score (nSPS) is 15.5. The number of hydrogen-bond donors (Lipinski definition) is 2. The van der Waals surface area contributed by atoms with Crippen LogP contribution in [0.1, 0.15) is 42.9 Å². The van der Waals surface area contributed by atoms with E-state index in [9.17, 15) is 9.90 Å². The van der Waals surface area contributed by atoms with Gasteiger partial charge in [-0.05, 0) is 37.8 Å². The van der Waals surface area contributed by atoms with E-state index in [0.29, 0.717) is 11.2 Å². The third-order valence-electron chi connectivity index (χ3n) is 4.66. The molecule has 0 amide bonds. The highest BCUT2D eigenvalue weighted by Crippen LogP contribution is 2.37. The van der Waals surface area contributed by atoms with Gasteiger partial charge in [-0.25, -0.2) is 0 Å². The van der Waals surface area contributed by atoms with E-state index in [4.69, 9.17) is 0 Å². The van der Waals surface area contributed by atoms with Gasteiger partial charge < -0.3 is 10.1 Å². The maximum atomic E-state index is 12.6. The van der Waals surface area contributed by atoms with E-state index < -0.39 is 0 Å². The van der Waals surface area contributed by atoms with E-state index >= 15 is 0 Å². The molecule has 0 spiro atoms. The molecule has 3 aromatic heterocycles. The molecule has 3 aromatic rings. The van der Waals surface area contributed by atoms with Gasteiger partial charge in [0.1, 0.15) is 5.65 Å². The first-order chi connectivity index (χ1) is 11.2. The maximum absolute atomic E-state index is 12.6. The van der Waals surface area contributed by atoms with E-state index in [2.05, 4.69) is 15.1 Å². The van der Waals surface area contributed by atoms with Gasteiger partial charge in [0.15, 0.2) is 0 Å². The van der Waals surface area contributed by atoms with E-state index in [1.807, 2.05) is 25.1 Å². The summed E-state index contributed by atoms with van der Waals surface area (Å²) in [6, 6.07) is 5.59. The SMILES string of the molecule is Cc1nn2c(O)c(C3CCCC3)c(=O)[nH]c2c1-c1ccccn1. The van der Waals surface area contributed by atoms with E-state index in [1.54, 1.807) is 6.20 Å². The van der Waals surface area contributed by atoms with Crippen LogP contribution in [-0.4, -0.2) is 24.7 Å². The summed E-state index contributed by atoms with van der Waals surface area (Å²) in [5, 5.41) is 15.1. The molecule has 0 saturated heterocycles. The Labute approximate surface area is 132 Å². The predicted octanol–water partition coefficient (Wildman–Crippen LogP) is 2.76. The van der Waals surface area contributed by atoms with Crippen LogP contribution in [0.25, 0.3) is 16.9 Å². The lowest BCUT2D eigenvalue weighted by atomic mass is 10.00. The Morgan fingerprint density at radius 1 is 1.30 bits per heavy atom. The molecule has 1 fully saturated rings. The van der Waals surface area contributed by atoms with Crippen molar-refractivity contribution in [2.24, 2.45) is 0 Å². The maximum Gasteiger partial charge on any atom is 0.258 e. The standard InChI is InChI=1S/C17H18N4O2/c1-10-13(12-8-4-5-9-18-12)15-19-16(22)14(11-6-2-3-7-11)17(23)21(15)20-10/h4-5,8-9,11,23H,2-3,6-7H2,1H3,(H,19,22). The third-order valence-corrected chi connectivity index (χ3v) is 4.66. The van der Waals surface area contributed by atoms with Crippen LogP contribution in [0.2, 0.25) is 0 Å². The summed E-state index contributed by atoms with van der Waals surface area (Å²) in [5.74, 6) is 0.0758. The first kappa shape index (κ1) is 14.0. The highest BCUT2D eigenvalue weighted by molar-refractivity contribution is 5.77. The van der Waals surface area contributed by atoms with Gasteiger partial charge in [-0.1, -0.05) is 18.9 Å². The van der Waals surface area contributed by atoms with Gasteiger partial charge in [0.2, 0.25) is 5.88 Å². The number of nitrogens with zero attached hydrogens (tertiary/aromatic N) is 3. The molecule has 0 radical (unpaired) electrons. The number of nitrogens with one attached hydrogen (secondary N) is 1. The predicted molar refractivity (Wildman–Crippen MR) is 86.7 cm³/mol. The summed E-state index contributed by atoms with van der Waals surface area (Å²) < 4.78 is 1.44. The van der Waals surface area contributed by atoms with Crippen LogP contribution in [0.4, 0.5) is 0 Å². The fourth-order valence-electron chi connectivity index (χ4n) is 3.59. The van der Waals surface area contributed by atoms with Gasteiger partial charge in [0.05, 0.1) is 22.5 Å². The highest BCUT2D eigenvalue weighted by atomic mass is 16.3. The van der Waals surface area contributed by atoms with E-state index in [0.717, 1.165) is 42.6 Å². The average Bonchev–Trinajstić information content (AvgIpc) is 3.16. The molecule has 118 valence electrons. The number of aromatic hydroxyl groups is 1. The van der Waals surface area contributed by atoms with E-state index in [-0.39, 0.29) is 17.4 Å². The van der Waals surface area contributed by atoms with Gasteiger partial charge >= 0.3 is 0 Å². The number of pyridine rings is 1. The molecule has 6 heteroatoms. The van der Waals surface area contributed by atoms with Gasteiger partial charge in [0, 0.05) is 6.20 Å². The Bertz CT molecular complexity index is 921. The average molecular weight is 310 g/mol. The quantitative estimate of drug-likeness (QED) is 0.762. The Morgan fingerprint density at radius 3 is 2.78 bits per heavy atom. The number of aryl methyl sites for hydroxylation is 1. The van der Waals surface area contributed by atoms with Gasteiger partial charge in [0.25, 0.3) is 5.56 Å². The second-order valence-corrected chi connectivity index (χ2v) is 6.11.